The lowest BCUT2D eigenvalue weighted by Gasteiger charge is -2.12. The number of nitrogens with one attached hydrogen (secondary N) is 1. The van der Waals surface area contributed by atoms with Gasteiger partial charge in [0.25, 0.3) is 5.69 Å². The molecule has 0 aliphatic rings. The van der Waals surface area contributed by atoms with Crippen LogP contribution in [0.3, 0.4) is 0 Å². The molecule has 9 heteroatoms. The van der Waals surface area contributed by atoms with Crippen molar-refractivity contribution in [3.8, 4) is 23.0 Å². The van der Waals surface area contributed by atoms with E-state index in [0.717, 1.165) is 0 Å². The summed E-state index contributed by atoms with van der Waals surface area (Å²) >= 11 is 0. The molecule has 0 aliphatic carbocycles. The molecular formula is C19H20N2O7. The Bertz CT molecular complexity index is 884. The van der Waals surface area contributed by atoms with E-state index < -0.39 is 10.8 Å². The summed E-state index contributed by atoms with van der Waals surface area (Å²) in [6.07, 6.45) is 2.77. The van der Waals surface area contributed by atoms with Gasteiger partial charge in [0, 0.05) is 6.08 Å². The zero-order valence-corrected chi connectivity index (χ0v) is 15.8. The Balaban J connectivity index is 2.24. The predicted molar refractivity (Wildman–Crippen MR) is 103 cm³/mol. The number of ether oxygens (including phenoxy) is 4. The summed E-state index contributed by atoms with van der Waals surface area (Å²) in [5, 5.41) is 13.7. The van der Waals surface area contributed by atoms with E-state index in [1.165, 1.54) is 58.8 Å². The van der Waals surface area contributed by atoms with Crippen LogP contribution in [0.5, 0.6) is 23.0 Å². The summed E-state index contributed by atoms with van der Waals surface area (Å²) < 4.78 is 20.7. The first kappa shape index (κ1) is 20.6. The lowest BCUT2D eigenvalue weighted by atomic mass is 10.1. The fourth-order valence-electron chi connectivity index (χ4n) is 2.44. The summed E-state index contributed by atoms with van der Waals surface area (Å²) in [5.74, 6) is 1.08. The molecule has 0 saturated heterocycles. The van der Waals surface area contributed by atoms with Gasteiger partial charge in [-0.05, 0) is 35.9 Å². The van der Waals surface area contributed by atoms with Crippen molar-refractivity contribution in [1.29, 1.82) is 0 Å². The van der Waals surface area contributed by atoms with Gasteiger partial charge in [-0.2, -0.15) is 0 Å². The van der Waals surface area contributed by atoms with Gasteiger partial charge in [0.2, 0.25) is 11.7 Å². The van der Waals surface area contributed by atoms with Gasteiger partial charge in [0.15, 0.2) is 11.5 Å². The van der Waals surface area contributed by atoms with Crippen molar-refractivity contribution < 1.29 is 28.7 Å². The van der Waals surface area contributed by atoms with Gasteiger partial charge in [0.1, 0.15) is 11.4 Å². The number of hydrogen-bond donors (Lipinski definition) is 1. The highest BCUT2D eigenvalue weighted by molar-refractivity contribution is 6.03. The molecular weight excluding hydrogens is 368 g/mol. The standard InChI is InChI=1S/C19H20N2O7/c1-25-13-6-7-14(15(11-13)21(23)24)20-18(22)8-5-12-9-16(26-2)19(28-4)17(10-12)27-3/h5-11H,1-4H3,(H,20,22). The smallest absolute Gasteiger partial charge is 0.296 e. The number of carbonyl (C=O) groups excluding carboxylic acids is 1. The van der Waals surface area contributed by atoms with Crippen LogP contribution >= 0.6 is 0 Å². The summed E-state index contributed by atoms with van der Waals surface area (Å²) in [6.45, 7) is 0. The first-order valence-corrected chi connectivity index (χ1v) is 8.05. The number of hydrogen-bond acceptors (Lipinski definition) is 7. The minimum absolute atomic E-state index is 0.0605. The Morgan fingerprint density at radius 3 is 2.14 bits per heavy atom. The molecule has 0 bridgehead atoms. The number of nitro groups is 1. The maximum atomic E-state index is 12.2. The van der Waals surface area contributed by atoms with Crippen molar-refractivity contribution in [2.45, 2.75) is 0 Å². The average Bonchev–Trinajstić information content (AvgIpc) is 2.71. The van der Waals surface area contributed by atoms with Crippen LogP contribution in [0.4, 0.5) is 11.4 Å². The molecule has 0 atom stereocenters. The summed E-state index contributed by atoms with van der Waals surface area (Å²) in [7, 11) is 5.86. The molecule has 28 heavy (non-hydrogen) atoms. The van der Waals surface area contributed by atoms with Crippen LogP contribution in [0, 0.1) is 10.1 Å². The highest BCUT2D eigenvalue weighted by Gasteiger charge is 2.17. The largest absolute Gasteiger partial charge is 0.496 e. The van der Waals surface area contributed by atoms with E-state index in [9.17, 15) is 14.9 Å². The summed E-state index contributed by atoms with van der Waals surface area (Å²) in [6, 6.07) is 7.49. The van der Waals surface area contributed by atoms with Crippen LogP contribution < -0.4 is 24.3 Å². The lowest BCUT2D eigenvalue weighted by Crippen LogP contribution is -2.09. The Morgan fingerprint density at radius 2 is 1.64 bits per heavy atom. The molecule has 0 unspecified atom stereocenters. The Hall–Kier alpha value is -3.75. The normalized spacial score (nSPS) is 10.4. The fourth-order valence-corrected chi connectivity index (χ4v) is 2.44. The SMILES string of the molecule is COc1ccc(NC(=O)C=Cc2cc(OC)c(OC)c(OC)c2)c([N+](=O)[O-])c1. The molecule has 2 aromatic rings. The van der Waals surface area contributed by atoms with Gasteiger partial charge in [-0.15, -0.1) is 0 Å². The topological polar surface area (TPSA) is 109 Å². The van der Waals surface area contributed by atoms with E-state index in [1.54, 1.807) is 12.1 Å². The average molecular weight is 388 g/mol. The molecule has 0 saturated carbocycles. The first-order valence-electron chi connectivity index (χ1n) is 8.05. The Kier molecular flexibility index (Phi) is 6.80. The second-order valence-corrected chi connectivity index (χ2v) is 5.42. The van der Waals surface area contributed by atoms with Crippen LogP contribution in [0.1, 0.15) is 5.56 Å². The van der Waals surface area contributed by atoms with Crippen molar-refractivity contribution in [1.82, 2.24) is 0 Å². The van der Waals surface area contributed by atoms with E-state index in [2.05, 4.69) is 5.32 Å². The highest BCUT2D eigenvalue weighted by Crippen LogP contribution is 2.38. The third-order valence-electron chi connectivity index (χ3n) is 3.77. The maximum Gasteiger partial charge on any atom is 0.296 e. The zero-order chi connectivity index (χ0) is 20.7. The number of carbonyl (C=O) groups is 1. The summed E-state index contributed by atoms with van der Waals surface area (Å²) in [5.41, 5.74) is 0.410. The third-order valence-corrected chi connectivity index (χ3v) is 3.77. The quantitative estimate of drug-likeness (QED) is 0.420. The molecule has 1 N–H and O–H groups in total. The molecule has 0 radical (unpaired) electrons. The van der Waals surface area contributed by atoms with Gasteiger partial charge in [-0.25, -0.2) is 0 Å². The number of methoxy groups -OCH3 is 4. The highest BCUT2D eigenvalue weighted by atomic mass is 16.6. The van der Waals surface area contributed by atoms with Crippen LogP contribution in [-0.4, -0.2) is 39.3 Å². The van der Waals surface area contributed by atoms with Crippen LogP contribution in [0.25, 0.3) is 6.08 Å². The monoisotopic (exact) mass is 388 g/mol. The molecule has 2 aromatic carbocycles. The molecule has 9 nitrogen and oxygen atoms in total. The van der Waals surface area contributed by atoms with Gasteiger partial charge >= 0.3 is 0 Å². The van der Waals surface area contributed by atoms with Gasteiger partial charge in [-0.1, -0.05) is 0 Å². The fraction of sp³-hybridized carbons (Fsp3) is 0.211. The molecule has 0 spiro atoms. The summed E-state index contributed by atoms with van der Waals surface area (Å²) in [4.78, 5) is 22.8. The number of rotatable bonds is 8. The minimum Gasteiger partial charge on any atom is -0.496 e. The second-order valence-electron chi connectivity index (χ2n) is 5.42. The van der Waals surface area contributed by atoms with E-state index in [0.29, 0.717) is 28.6 Å². The molecule has 0 aliphatic heterocycles. The molecule has 2 rings (SSSR count). The number of amides is 1. The third kappa shape index (κ3) is 4.70. The maximum absolute atomic E-state index is 12.2. The number of nitrogens with zero attached hydrogens (tertiary/aromatic N) is 1. The molecule has 0 heterocycles. The number of anilines is 1. The van der Waals surface area contributed by atoms with E-state index >= 15 is 0 Å². The van der Waals surface area contributed by atoms with E-state index in [1.807, 2.05) is 0 Å². The Labute approximate surface area is 161 Å². The number of nitro benzene ring substituents is 1. The van der Waals surface area contributed by atoms with Gasteiger partial charge in [0.05, 0.1) is 39.4 Å². The van der Waals surface area contributed by atoms with Crippen molar-refractivity contribution in [2.24, 2.45) is 0 Å². The van der Waals surface area contributed by atoms with Gasteiger partial charge < -0.3 is 24.3 Å². The molecule has 0 aromatic heterocycles. The van der Waals surface area contributed by atoms with Crippen LogP contribution in [0.2, 0.25) is 0 Å². The van der Waals surface area contributed by atoms with Crippen molar-refractivity contribution in [3.05, 3.63) is 52.1 Å². The minimum atomic E-state index is -0.596. The second kappa shape index (κ2) is 9.26. The number of benzene rings is 2. The zero-order valence-electron chi connectivity index (χ0n) is 15.8. The predicted octanol–water partition coefficient (Wildman–Crippen LogP) is 3.28. The van der Waals surface area contributed by atoms with Crippen molar-refractivity contribution >= 4 is 23.4 Å². The first-order chi connectivity index (χ1) is 13.4. The lowest BCUT2D eigenvalue weighted by molar-refractivity contribution is -0.384. The molecule has 148 valence electrons. The van der Waals surface area contributed by atoms with Gasteiger partial charge in [-0.3, -0.25) is 14.9 Å². The van der Waals surface area contributed by atoms with Crippen LogP contribution in [-0.2, 0) is 4.79 Å². The molecule has 1 amide bonds. The van der Waals surface area contributed by atoms with E-state index in [-0.39, 0.29) is 11.4 Å². The molecule has 0 fully saturated rings. The Morgan fingerprint density at radius 1 is 1.00 bits per heavy atom. The van der Waals surface area contributed by atoms with Crippen LogP contribution in [0.15, 0.2) is 36.4 Å². The van der Waals surface area contributed by atoms with Crippen molar-refractivity contribution in [2.75, 3.05) is 33.8 Å². The van der Waals surface area contributed by atoms with E-state index in [4.69, 9.17) is 18.9 Å². The van der Waals surface area contributed by atoms with Crippen molar-refractivity contribution in [3.63, 3.8) is 0 Å².